The minimum atomic E-state index is -3.50. The van der Waals surface area contributed by atoms with Crippen molar-refractivity contribution in [3.63, 3.8) is 0 Å². The van der Waals surface area contributed by atoms with E-state index in [9.17, 15) is 8.42 Å². The molecule has 1 aromatic carbocycles. The lowest BCUT2D eigenvalue weighted by molar-refractivity contribution is 0.226. The summed E-state index contributed by atoms with van der Waals surface area (Å²) in [6.45, 7) is 0.867. The summed E-state index contributed by atoms with van der Waals surface area (Å²) >= 11 is 0. The highest BCUT2D eigenvalue weighted by Crippen LogP contribution is 2.38. The molecule has 0 radical (unpaired) electrons. The van der Waals surface area contributed by atoms with Crippen LogP contribution in [0.1, 0.15) is 49.7 Å². The van der Waals surface area contributed by atoms with Crippen molar-refractivity contribution in [2.75, 3.05) is 13.1 Å². The molecular weight excluding hydrogens is 340 g/mol. The maximum absolute atomic E-state index is 12.8. The number of hydrogen-bond acceptors (Lipinski definition) is 6. The number of rotatable bonds is 4. The largest absolute Gasteiger partial charge is 0.339 e. The summed E-state index contributed by atoms with van der Waals surface area (Å²) in [5.41, 5.74) is 5.78. The lowest BCUT2D eigenvalue weighted by atomic mass is 9.77. The highest BCUT2D eigenvalue weighted by molar-refractivity contribution is 7.89. The quantitative estimate of drug-likeness (QED) is 0.892. The third-order valence-corrected chi connectivity index (χ3v) is 7.13. The Balaban J connectivity index is 1.53. The Hall–Kier alpha value is -1.77. The first kappa shape index (κ1) is 16.7. The summed E-state index contributed by atoms with van der Waals surface area (Å²) in [6.07, 6.45) is 4.41. The molecule has 1 unspecified atom stereocenters. The number of hydrogen-bond donors (Lipinski definition) is 1. The van der Waals surface area contributed by atoms with Gasteiger partial charge in [0.1, 0.15) is 0 Å². The SMILES string of the molecule is NC1(c2noc(C3CCCN(S(=O)(=O)c4ccccc4)C3)n2)CCC1. The number of aromatic nitrogens is 2. The molecule has 1 aromatic heterocycles. The second-order valence-electron chi connectivity index (χ2n) is 6.98. The third-order valence-electron chi connectivity index (χ3n) is 5.25. The summed E-state index contributed by atoms with van der Waals surface area (Å²) < 4.78 is 32.6. The molecule has 1 aliphatic carbocycles. The zero-order chi connectivity index (χ0) is 17.5. The maximum Gasteiger partial charge on any atom is 0.243 e. The van der Waals surface area contributed by atoms with Crippen LogP contribution in [-0.4, -0.2) is 36.0 Å². The van der Waals surface area contributed by atoms with Crippen molar-refractivity contribution in [2.45, 2.75) is 48.5 Å². The van der Waals surface area contributed by atoms with Crippen LogP contribution in [0.25, 0.3) is 0 Å². The number of sulfonamides is 1. The van der Waals surface area contributed by atoms with Crippen LogP contribution in [0, 0.1) is 0 Å². The van der Waals surface area contributed by atoms with E-state index in [0.29, 0.717) is 29.7 Å². The van der Waals surface area contributed by atoms with Gasteiger partial charge in [-0.05, 0) is 44.2 Å². The van der Waals surface area contributed by atoms with E-state index in [-0.39, 0.29) is 5.92 Å². The molecule has 2 fully saturated rings. The zero-order valence-electron chi connectivity index (χ0n) is 14.0. The molecule has 2 N–H and O–H groups in total. The first-order valence-corrected chi connectivity index (χ1v) is 10.1. The normalized spacial score (nSPS) is 24.0. The topological polar surface area (TPSA) is 102 Å². The molecule has 1 aliphatic heterocycles. The summed E-state index contributed by atoms with van der Waals surface area (Å²) in [5, 5.41) is 4.05. The Kier molecular flexibility index (Phi) is 4.13. The number of benzene rings is 1. The fourth-order valence-electron chi connectivity index (χ4n) is 3.49. The standard InChI is InChI=1S/C17H22N4O3S/c18-17(9-5-10-17)16-19-15(24-20-16)13-6-4-11-21(12-13)25(22,23)14-7-2-1-3-8-14/h1-3,7-8,13H,4-6,9-12,18H2. The lowest BCUT2D eigenvalue weighted by Gasteiger charge is -2.34. The van der Waals surface area contributed by atoms with Crippen LogP contribution in [-0.2, 0) is 15.6 Å². The molecule has 4 rings (SSSR count). The van der Waals surface area contributed by atoms with Crippen molar-refractivity contribution in [2.24, 2.45) is 5.73 Å². The van der Waals surface area contributed by atoms with Crippen molar-refractivity contribution in [1.82, 2.24) is 14.4 Å². The fourth-order valence-corrected chi connectivity index (χ4v) is 5.03. The van der Waals surface area contributed by atoms with Crippen LogP contribution in [0.3, 0.4) is 0 Å². The van der Waals surface area contributed by atoms with Gasteiger partial charge in [-0.3, -0.25) is 0 Å². The average molecular weight is 362 g/mol. The maximum atomic E-state index is 12.8. The molecule has 1 saturated heterocycles. The predicted molar refractivity (Wildman–Crippen MR) is 91.2 cm³/mol. The minimum Gasteiger partial charge on any atom is -0.339 e. The Morgan fingerprint density at radius 1 is 1.20 bits per heavy atom. The van der Waals surface area contributed by atoms with Crippen molar-refractivity contribution in [3.8, 4) is 0 Å². The minimum absolute atomic E-state index is 0.0860. The van der Waals surface area contributed by atoms with Crippen molar-refractivity contribution < 1.29 is 12.9 Å². The highest BCUT2D eigenvalue weighted by Gasteiger charge is 2.40. The van der Waals surface area contributed by atoms with Crippen LogP contribution >= 0.6 is 0 Å². The van der Waals surface area contributed by atoms with Gasteiger partial charge in [0.05, 0.1) is 16.4 Å². The third kappa shape index (κ3) is 2.98. The van der Waals surface area contributed by atoms with Gasteiger partial charge >= 0.3 is 0 Å². The predicted octanol–water partition coefficient (Wildman–Crippen LogP) is 1.98. The van der Waals surface area contributed by atoms with E-state index in [1.165, 1.54) is 4.31 Å². The molecule has 25 heavy (non-hydrogen) atoms. The molecule has 1 saturated carbocycles. The highest BCUT2D eigenvalue weighted by atomic mass is 32.2. The molecule has 2 aromatic rings. The molecule has 0 spiro atoms. The first-order valence-electron chi connectivity index (χ1n) is 8.67. The van der Waals surface area contributed by atoms with Gasteiger partial charge in [-0.1, -0.05) is 23.4 Å². The molecule has 1 atom stereocenters. The number of nitrogens with zero attached hydrogens (tertiary/aromatic N) is 3. The molecule has 7 nitrogen and oxygen atoms in total. The Morgan fingerprint density at radius 2 is 1.96 bits per heavy atom. The van der Waals surface area contributed by atoms with Crippen molar-refractivity contribution in [1.29, 1.82) is 0 Å². The van der Waals surface area contributed by atoms with Crippen LogP contribution in [0.15, 0.2) is 39.8 Å². The van der Waals surface area contributed by atoms with E-state index in [2.05, 4.69) is 10.1 Å². The van der Waals surface area contributed by atoms with Crippen molar-refractivity contribution >= 4 is 10.0 Å². The second kappa shape index (κ2) is 6.19. The smallest absolute Gasteiger partial charge is 0.243 e. The van der Waals surface area contributed by atoms with Gasteiger partial charge in [0.15, 0.2) is 5.82 Å². The van der Waals surface area contributed by atoms with E-state index < -0.39 is 15.6 Å². The van der Waals surface area contributed by atoms with Gasteiger partial charge in [0, 0.05) is 13.1 Å². The molecule has 8 heteroatoms. The Morgan fingerprint density at radius 3 is 2.64 bits per heavy atom. The van der Waals surface area contributed by atoms with E-state index >= 15 is 0 Å². The van der Waals surface area contributed by atoms with Crippen LogP contribution in [0.4, 0.5) is 0 Å². The first-order chi connectivity index (χ1) is 12.0. The Bertz CT molecular complexity index is 846. The van der Waals surface area contributed by atoms with Crippen LogP contribution in [0.5, 0.6) is 0 Å². The summed E-state index contributed by atoms with van der Waals surface area (Å²) in [6, 6.07) is 8.52. The zero-order valence-corrected chi connectivity index (χ0v) is 14.8. The van der Waals surface area contributed by atoms with Gasteiger partial charge in [-0.2, -0.15) is 9.29 Å². The van der Waals surface area contributed by atoms with Gasteiger partial charge in [-0.15, -0.1) is 0 Å². The van der Waals surface area contributed by atoms with Gasteiger partial charge in [0.25, 0.3) is 0 Å². The summed E-state index contributed by atoms with van der Waals surface area (Å²) in [5.74, 6) is 0.966. The number of nitrogens with two attached hydrogens (primary N) is 1. The molecule has 134 valence electrons. The number of piperidine rings is 1. The van der Waals surface area contributed by atoms with Crippen molar-refractivity contribution in [3.05, 3.63) is 42.0 Å². The summed E-state index contributed by atoms with van der Waals surface area (Å²) in [4.78, 5) is 4.81. The van der Waals surface area contributed by atoms with Crippen LogP contribution in [0.2, 0.25) is 0 Å². The average Bonchev–Trinajstić information content (AvgIpc) is 3.11. The molecule has 0 amide bonds. The monoisotopic (exact) mass is 362 g/mol. The van der Waals surface area contributed by atoms with Crippen LogP contribution < -0.4 is 5.73 Å². The summed E-state index contributed by atoms with van der Waals surface area (Å²) in [7, 11) is -3.50. The van der Waals surface area contributed by atoms with Gasteiger partial charge in [-0.25, -0.2) is 8.42 Å². The fraction of sp³-hybridized carbons (Fsp3) is 0.529. The lowest BCUT2D eigenvalue weighted by Crippen LogP contribution is -2.44. The van der Waals surface area contributed by atoms with E-state index in [0.717, 1.165) is 32.1 Å². The molecule has 2 aliphatic rings. The van der Waals surface area contributed by atoms with Gasteiger partial charge < -0.3 is 10.3 Å². The molecular formula is C17H22N4O3S. The van der Waals surface area contributed by atoms with E-state index in [1.807, 2.05) is 0 Å². The molecule has 0 bridgehead atoms. The van der Waals surface area contributed by atoms with E-state index in [4.69, 9.17) is 10.3 Å². The second-order valence-corrected chi connectivity index (χ2v) is 8.92. The molecule has 2 heterocycles. The van der Waals surface area contributed by atoms with Gasteiger partial charge in [0.2, 0.25) is 15.9 Å². The Labute approximate surface area is 147 Å². The van der Waals surface area contributed by atoms with E-state index in [1.54, 1.807) is 30.3 Å².